The van der Waals surface area contributed by atoms with Gasteiger partial charge in [-0.3, -0.25) is 0 Å². The fourth-order valence-corrected chi connectivity index (χ4v) is 1.59. The van der Waals surface area contributed by atoms with Gasteiger partial charge in [-0.1, -0.05) is 6.08 Å². The molecular formula is C14H21NO2. The molecule has 0 bridgehead atoms. The van der Waals surface area contributed by atoms with Crippen molar-refractivity contribution in [2.75, 3.05) is 14.2 Å². The van der Waals surface area contributed by atoms with Crippen molar-refractivity contribution in [3.8, 4) is 11.5 Å². The van der Waals surface area contributed by atoms with E-state index in [9.17, 15) is 0 Å². The second-order valence-corrected chi connectivity index (χ2v) is 4.03. The van der Waals surface area contributed by atoms with Gasteiger partial charge in [-0.05, 0) is 31.0 Å². The van der Waals surface area contributed by atoms with Gasteiger partial charge >= 0.3 is 0 Å². The molecule has 0 heterocycles. The van der Waals surface area contributed by atoms with Crippen LogP contribution in [0.3, 0.4) is 0 Å². The fourth-order valence-electron chi connectivity index (χ4n) is 1.59. The Hall–Kier alpha value is -1.48. The lowest BCUT2D eigenvalue weighted by atomic mass is 10.1. The first-order valence-corrected chi connectivity index (χ1v) is 5.75. The molecular weight excluding hydrogens is 214 g/mol. The van der Waals surface area contributed by atoms with Crippen molar-refractivity contribution in [2.45, 2.75) is 25.9 Å². The summed E-state index contributed by atoms with van der Waals surface area (Å²) in [5.41, 5.74) is 1.15. The maximum atomic E-state index is 5.23. The average Bonchev–Trinajstić information content (AvgIpc) is 2.36. The van der Waals surface area contributed by atoms with Crippen LogP contribution in [-0.4, -0.2) is 20.3 Å². The van der Waals surface area contributed by atoms with E-state index in [2.05, 4.69) is 18.8 Å². The lowest BCUT2D eigenvalue weighted by Gasteiger charge is -2.13. The molecule has 1 rings (SSSR count). The molecule has 1 aromatic carbocycles. The standard InChI is InChI=1S/C14H21NO2/c1-5-6-11(2)15-10-12-7-13(16-3)9-14(8-12)17-4/h5,7-9,11,15H,1,6,10H2,2-4H3. The summed E-state index contributed by atoms with van der Waals surface area (Å²) < 4.78 is 10.5. The molecule has 0 spiro atoms. The van der Waals surface area contributed by atoms with Gasteiger partial charge < -0.3 is 14.8 Å². The monoisotopic (exact) mass is 235 g/mol. The van der Waals surface area contributed by atoms with E-state index in [4.69, 9.17) is 9.47 Å². The topological polar surface area (TPSA) is 30.5 Å². The first kappa shape index (κ1) is 13.6. The average molecular weight is 235 g/mol. The molecule has 3 nitrogen and oxygen atoms in total. The van der Waals surface area contributed by atoms with E-state index < -0.39 is 0 Å². The summed E-state index contributed by atoms with van der Waals surface area (Å²) in [6.07, 6.45) is 2.88. The number of methoxy groups -OCH3 is 2. The Kier molecular flexibility index (Phi) is 5.57. The van der Waals surface area contributed by atoms with E-state index in [-0.39, 0.29) is 0 Å². The van der Waals surface area contributed by atoms with E-state index >= 15 is 0 Å². The van der Waals surface area contributed by atoms with Gasteiger partial charge in [-0.2, -0.15) is 0 Å². The minimum Gasteiger partial charge on any atom is -0.497 e. The molecule has 0 aliphatic carbocycles. The Morgan fingerprint density at radius 2 is 1.82 bits per heavy atom. The highest BCUT2D eigenvalue weighted by atomic mass is 16.5. The van der Waals surface area contributed by atoms with Crippen LogP contribution in [0, 0.1) is 0 Å². The Morgan fingerprint density at radius 1 is 1.24 bits per heavy atom. The fraction of sp³-hybridized carbons (Fsp3) is 0.429. The van der Waals surface area contributed by atoms with Gasteiger partial charge in [-0.15, -0.1) is 6.58 Å². The molecule has 1 atom stereocenters. The van der Waals surface area contributed by atoms with Gasteiger partial charge in [0, 0.05) is 18.7 Å². The van der Waals surface area contributed by atoms with Crippen molar-refractivity contribution in [1.29, 1.82) is 0 Å². The molecule has 3 heteroatoms. The van der Waals surface area contributed by atoms with Gasteiger partial charge in [0.1, 0.15) is 11.5 Å². The van der Waals surface area contributed by atoms with Crippen LogP contribution < -0.4 is 14.8 Å². The SMILES string of the molecule is C=CCC(C)NCc1cc(OC)cc(OC)c1. The summed E-state index contributed by atoms with van der Waals surface area (Å²) in [5, 5.41) is 3.42. The maximum Gasteiger partial charge on any atom is 0.122 e. The number of nitrogens with one attached hydrogen (secondary N) is 1. The zero-order chi connectivity index (χ0) is 12.7. The highest BCUT2D eigenvalue weighted by Crippen LogP contribution is 2.22. The smallest absolute Gasteiger partial charge is 0.122 e. The highest BCUT2D eigenvalue weighted by Gasteiger charge is 2.03. The third-order valence-corrected chi connectivity index (χ3v) is 2.59. The second kappa shape index (κ2) is 6.97. The zero-order valence-electron chi connectivity index (χ0n) is 10.8. The molecule has 1 unspecified atom stereocenters. The number of rotatable bonds is 7. The Morgan fingerprint density at radius 3 is 2.29 bits per heavy atom. The van der Waals surface area contributed by atoms with E-state index in [1.54, 1.807) is 14.2 Å². The second-order valence-electron chi connectivity index (χ2n) is 4.03. The van der Waals surface area contributed by atoms with Crippen LogP contribution in [-0.2, 0) is 6.54 Å². The molecule has 1 N–H and O–H groups in total. The zero-order valence-corrected chi connectivity index (χ0v) is 10.8. The van der Waals surface area contributed by atoms with Crippen molar-refractivity contribution >= 4 is 0 Å². The summed E-state index contributed by atoms with van der Waals surface area (Å²) in [5.74, 6) is 1.63. The van der Waals surface area contributed by atoms with Crippen molar-refractivity contribution in [3.05, 3.63) is 36.4 Å². The predicted molar refractivity (Wildman–Crippen MR) is 70.7 cm³/mol. The molecule has 0 aromatic heterocycles. The van der Waals surface area contributed by atoms with Gasteiger partial charge in [-0.25, -0.2) is 0 Å². The van der Waals surface area contributed by atoms with Crippen LogP contribution >= 0.6 is 0 Å². The van der Waals surface area contributed by atoms with Gasteiger partial charge in [0.2, 0.25) is 0 Å². The van der Waals surface area contributed by atoms with Crippen LogP contribution in [0.4, 0.5) is 0 Å². The molecule has 0 amide bonds. The number of benzene rings is 1. The summed E-state index contributed by atoms with van der Waals surface area (Å²) in [6.45, 7) is 6.66. The highest BCUT2D eigenvalue weighted by molar-refractivity contribution is 5.38. The van der Waals surface area contributed by atoms with Crippen molar-refractivity contribution < 1.29 is 9.47 Å². The molecule has 0 fully saturated rings. The molecule has 0 saturated heterocycles. The van der Waals surface area contributed by atoms with Crippen LogP contribution in [0.5, 0.6) is 11.5 Å². The van der Waals surface area contributed by atoms with Crippen molar-refractivity contribution in [3.63, 3.8) is 0 Å². The first-order valence-electron chi connectivity index (χ1n) is 5.75. The molecule has 0 saturated carbocycles. The number of hydrogen-bond donors (Lipinski definition) is 1. The third-order valence-electron chi connectivity index (χ3n) is 2.59. The normalized spacial score (nSPS) is 11.9. The first-order chi connectivity index (χ1) is 8.19. The molecule has 0 radical (unpaired) electrons. The maximum absolute atomic E-state index is 5.23. The Labute approximate surface area is 103 Å². The van der Waals surface area contributed by atoms with Crippen molar-refractivity contribution in [2.24, 2.45) is 0 Å². The summed E-state index contributed by atoms with van der Waals surface area (Å²) >= 11 is 0. The van der Waals surface area contributed by atoms with Crippen LogP contribution in [0.25, 0.3) is 0 Å². The summed E-state index contributed by atoms with van der Waals surface area (Å²) in [4.78, 5) is 0. The van der Waals surface area contributed by atoms with Gasteiger partial charge in [0.15, 0.2) is 0 Å². The van der Waals surface area contributed by atoms with E-state index in [0.29, 0.717) is 6.04 Å². The van der Waals surface area contributed by atoms with E-state index in [1.165, 1.54) is 0 Å². The van der Waals surface area contributed by atoms with Crippen molar-refractivity contribution in [1.82, 2.24) is 5.32 Å². The molecule has 0 aliphatic rings. The van der Waals surface area contributed by atoms with E-state index in [1.807, 2.05) is 24.3 Å². The minimum absolute atomic E-state index is 0.421. The molecule has 17 heavy (non-hydrogen) atoms. The van der Waals surface area contributed by atoms with Gasteiger partial charge in [0.05, 0.1) is 14.2 Å². The Balaban J connectivity index is 2.66. The molecule has 94 valence electrons. The lowest BCUT2D eigenvalue weighted by Crippen LogP contribution is -2.24. The number of hydrogen-bond acceptors (Lipinski definition) is 3. The number of ether oxygens (including phenoxy) is 2. The third kappa shape index (κ3) is 4.49. The lowest BCUT2D eigenvalue weighted by molar-refractivity contribution is 0.392. The van der Waals surface area contributed by atoms with Crippen LogP contribution in [0.15, 0.2) is 30.9 Å². The van der Waals surface area contributed by atoms with Crippen LogP contribution in [0.2, 0.25) is 0 Å². The molecule has 0 aliphatic heterocycles. The summed E-state index contributed by atoms with van der Waals surface area (Å²) in [6, 6.07) is 6.31. The molecule has 1 aromatic rings. The van der Waals surface area contributed by atoms with Crippen LogP contribution in [0.1, 0.15) is 18.9 Å². The minimum atomic E-state index is 0.421. The predicted octanol–water partition coefficient (Wildman–Crippen LogP) is 2.76. The Bertz CT molecular complexity index is 341. The van der Waals surface area contributed by atoms with E-state index in [0.717, 1.165) is 30.0 Å². The quantitative estimate of drug-likeness (QED) is 0.737. The largest absolute Gasteiger partial charge is 0.497 e. The van der Waals surface area contributed by atoms with Gasteiger partial charge in [0.25, 0.3) is 0 Å². The summed E-state index contributed by atoms with van der Waals surface area (Å²) in [7, 11) is 3.32.